The SMILES string of the molecule is Fc1cnc2cccn2c1. The molecule has 2 rings (SSSR count). The maximum atomic E-state index is 12.4. The van der Waals surface area contributed by atoms with Gasteiger partial charge in [0.2, 0.25) is 0 Å². The van der Waals surface area contributed by atoms with Gasteiger partial charge >= 0.3 is 0 Å². The maximum absolute atomic E-state index is 12.4. The molecule has 2 heterocycles. The van der Waals surface area contributed by atoms with E-state index in [1.165, 1.54) is 12.4 Å². The highest BCUT2D eigenvalue weighted by atomic mass is 19.1. The summed E-state index contributed by atoms with van der Waals surface area (Å²) in [4.78, 5) is 3.83. The molecule has 0 aromatic carbocycles. The normalized spacial score (nSPS) is 10.5. The number of halogens is 1. The maximum Gasteiger partial charge on any atom is 0.158 e. The van der Waals surface area contributed by atoms with Gasteiger partial charge in [0.25, 0.3) is 0 Å². The first-order chi connectivity index (χ1) is 4.86. The molecular weight excluding hydrogens is 131 g/mol. The van der Waals surface area contributed by atoms with Crippen molar-refractivity contribution in [1.29, 1.82) is 0 Å². The third-order valence-corrected chi connectivity index (χ3v) is 1.34. The third-order valence-electron chi connectivity index (χ3n) is 1.34. The lowest BCUT2D eigenvalue weighted by molar-refractivity contribution is 0.612. The van der Waals surface area contributed by atoms with E-state index in [9.17, 15) is 4.39 Å². The first-order valence-corrected chi connectivity index (χ1v) is 2.94. The van der Waals surface area contributed by atoms with Gasteiger partial charge in [-0.15, -0.1) is 0 Å². The van der Waals surface area contributed by atoms with Crippen molar-refractivity contribution in [2.24, 2.45) is 0 Å². The molecule has 0 atom stereocenters. The van der Waals surface area contributed by atoms with Crippen LogP contribution in [0.2, 0.25) is 0 Å². The van der Waals surface area contributed by atoms with Gasteiger partial charge in [-0.25, -0.2) is 9.37 Å². The van der Waals surface area contributed by atoms with Crippen LogP contribution >= 0.6 is 0 Å². The molecule has 0 saturated heterocycles. The molecule has 0 unspecified atom stereocenters. The second-order valence-electron chi connectivity index (χ2n) is 2.05. The van der Waals surface area contributed by atoms with Crippen molar-refractivity contribution in [3.8, 4) is 0 Å². The van der Waals surface area contributed by atoms with E-state index in [4.69, 9.17) is 0 Å². The molecule has 2 aromatic heterocycles. The second kappa shape index (κ2) is 1.80. The second-order valence-corrected chi connectivity index (χ2v) is 2.05. The molecule has 2 aromatic rings. The summed E-state index contributed by atoms with van der Waals surface area (Å²) in [5.74, 6) is -0.316. The topological polar surface area (TPSA) is 17.3 Å². The van der Waals surface area contributed by atoms with E-state index < -0.39 is 0 Å². The Morgan fingerprint density at radius 1 is 1.50 bits per heavy atom. The Morgan fingerprint density at radius 2 is 2.40 bits per heavy atom. The van der Waals surface area contributed by atoms with Gasteiger partial charge in [0, 0.05) is 12.4 Å². The molecule has 0 bridgehead atoms. The molecular formula is C7H5FN2. The van der Waals surface area contributed by atoms with E-state index >= 15 is 0 Å². The summed E-state index contributed by atoms with van der Waals surface area (Å²) in [6.07, 6.45) is 4.35. The molecule has 0 amide bonds. The van der Waals surface area contributed by atoms with E-state index in [0.29, 0.717) is 0 Å². The van der Waals surface area contributed by atoms with Gasteiger partial charge in [0.1, 0.15) is 5.65 Å². The molecule has 10 heavy (non-hydrogen) atoms. The minimum absolute atomic E-state index is 0.316. The summed E-state index contributed by atoms with van der Waals surface area (Å²) in [5.41, 5.74) is 0.765. The van der Waals surface area contributed by atoms with Crippen LogP contribution in [0.4, 0.5) is 4.39 Å². The highest BCUT2D eigenvalue weighted by Crippen LogP contribution is 2.01. The van der Waals surface area contributed by atoms with Crippen LogP contribution in [0.15, 0.2) is 30.7 Å². The Bertz CT molecular complexity index is 353. The van der Waals surface area contributed by atoms with E-state index in [-0.39, 0.29) is 5.82 Å². The summed E-state index contributed by atoms with van der Waals surface area (Å²) < 4.78 is 14.1. The fraction of sp³-hybridized carbons (Fsp3) is 0. The number of hydrogen-bond donors (Lipinski definition) is 0. The minimum Gasteiger partial charge on any atom is -0.306 e. The van der Waals surface area contributed by atoms with Gasteiger partial charge in [0.15, 0.2) is 5.82 Å². The standard InChI is InChI=1S/C7H5FN2/c8-6-4-9-7-2-1-3-10(7)5-6/h1-5H. The van der Waals surface area contributed by atoms with Crippen molar-refractivity contribution < 1.29 is 4.39 Å². The van der Waals surface area contributed by atoms with Gasteiger partial charge in [-0.1, -0.05) is 0 Å². The van der Waals surface area contributed by atoms with Crippen LogP contribution in [-0.4, -0.2) is 9.38 Å². The molecule has 0 spiro atoms. The van der Waals surface area contributed by atoms with Crippen LogP contribution in [0.3, 0.4) is 0 Å². The quantitative estimate of drug-likeness (QED) is 0.536. The lowest BCUT2D eigenvalue weighted by atomic mass is 10.6. The van der Waals surface area contributed by atoms with Crippen LogP contribution in [0, 0.1) is 5.82 Å². The smallest absolute Gasteiger partial charge is 0.158 e. The fourth-order valence-corrected chi connectivity index (χ4v) is 0.897. The lowest BCUT2D eigenvalue weighted by Gasteiger charge is -1.90. The molecule has 0 fully saturated rings. The van der Waals surface area contributed by atoms with Crippen molar-refractivity contribution in [2.45, 2.75) is 0 Å². The van der Waals surface area contributed by atoms with E-state index in [0.717, 1.165) is 5.65 Å². The molecule has 2 nitrogen and oxygen atoms in total. The average Bonchev–Trinajstić information content (AvgIpc) is 2.33. The number of hydrogen-bond acceptors (Lipinski definition) is 1. The molecule has 3 heteroatoms. The van der Waals surface area contributed by atoms with E-state index in [1.807, 2.05) is 12.1 Å². The minimum atomic E-state index is -0.316. The Hall–Kier alpha value is -1.38. The van der Waals surface area contributed by atoms with Crippen molar-refractivity contribution in [2.75, 3.05) is 0 Å². The van der Waals surface area contributed by atoms with Crippen LogP contribution in [0.25, 0.3) is 5.65 Å². The van der Waals surface area contributed by atoms with Gasteiger partial charge in [-0.3, -0.25) is 0 Å². The number of nitrogens with zero attached hydrogens (tertiary/aromatic N) is 2. The number of rotatable bonds is 0. The van der Waals surface area contributed by atoms with E-state index in [1.54, 1.807) is 10.6 Å². The van der Waals surface area contributed by atoms with E-state index in [2.05, 4.69) is 4.98 Å². The highest BCUT2D eigenvalue weighted by molar-refractivity contribution is 5.37. The molecule has 0 aliphatic rings. The van der Waals surface area contributed by atoms with Crippen LogP contribution in [0.5, 0.6) is 0 Å². The van der Waals surface area contributed by atoms with Crippen LogP contribution in [0.1, 0.15) is 0 Å². The highest BCUT2D eigenvalue weighted by Gasteiger charge is 1.92. The van der Waals surface area contributed by atoms with Gasteiger partial charge in [-0.2, -0.15) is 0 Å². The zero-order chi connectivity index (χ0) is 6.97. The van der Waals surface area contributed by atoms with Gasteiger partial charge in [-0.05, 0) is 12.1 Å². The predicted molar refractivity (Wildman–Crippen MR) is 35.2 cm³/mol. The number of aromatic nitrogens is 2. The first kappa shape index (κ1) is 5.41. The molecule has 0 radical (unpaired) electrons. The van der Waals surface area contributed by atoms with Gasteiger partial charge in [0.05, 0.1) is 6.20 Å². The summed E-state index contributed by atoms with van der Waals surface area (Å²) in [6.45, 7) is 0. The van der Waals surface area contributed by atoms with Crippen molar-refractivity contribution in [3.63, 3.8) is 0 Å². The molecule has 50 valence electrons. The van der Waals surface area contributed by atoms with Crippen molar-refractivity contribution in [1.82, 2.24) is 9.38 Å². The fourth-order valence-electron chi connectivity index (χ4n) is 0.897. The summed E-state index contributed by atoms with van der Waals surface area (Å²) >= 11 is 0. The molecule has 0 saturated carbocycles. The largest absolute Gasteiger partial charge is 0.306 e. The zero-order valence-electron chi connectivity index (χ0n) is 5.16. The Kier molecular flexibility index (Phi) is 0.974. The third kappa shape index (κ3) is 0.673. The van der Waals surface area contributed by atoms with Crippen LogP contribution in [-0.2, 0) is 0 Å². The van der Waals surface area contributed by atoms with Crippen molar-refractivity contribution in [3.05, 3.63) is 36.5 Å². The zero-order valence-corrected chi connectivity index (χ0v) is 5.16. The monoisotopic (exact) mass is 136 g/mol. The van der Waals surface area contributed by atoms with Crippen LogP contribution < -0.4 is 0 Å². The van der Waals surface area contributed by atoms with Gasteiger partial charge < -0.3 is 4.40 Å². The summed E-state index contributed by atoms with van der Waals surface area (Å²) in [5, 5.41) is 0. The Labute approximate surface area is 56.9 Å². The average molecular weight is 136 g/mol. The molecule has 0 aliphatic heterocycles. The summed E-state index contributed by atoms with van der Waals surface area (Å²) in [7, 11) is 0. The Morgan fingerprint density at radius 3 is 3.30 bits per heavy atom. The Balaban J connectivity index is 2.86. The summed E-state index contributed by atoms with van der Waals surface area (Å²) in [6, 6.07) is 3.64. The molecule has 0 N–H and O–H groups in total. The number of fused-ring (bicyclic) bond motifs is 1. The first-order valence-electron chi connectivity index (χ1n) is 2.94. The predicted octanol–water partition coefficient (Wildman–Crippen LogP) is 1.47. The molecule has 0 aliphatic carbocycles. The lowest BCUT2D eigenvalue weighted by Crippen LogP contribution is -1.86. The van der Waals surface area contributed by atoms with Crippen molar-refractivity contribution >= 4 is 5.65 Å².